The van der Waals surface area contributed by atoms with E-state index in [1.54, 1.807) is 7.11 Å². The van der Waals surface area contributed by atoms with Crippen LogP contribution in [0, 0.1) is 11.8 Å². The Morgan fingerprint density at radius 1 is 1.15 bits per heavy atom. The Hall–Kier alpha value is -0.900. The molecule has 2 N–H and O–H groups in total. The van der Waals surface area contributed by atoms with Crippen LogP contribution in [0.25, 0.3) is 0 Å². The number of hydrogen-bond donors (Lipinski definition) is 2. The van der Waals surface area contributed by atoms with E-state index in [0.717, 1.165) is 13.1 Å². The average Bonchev–Trinajstić information content (AvgIpc) is 2.50. The van der Waals surface area contributed by atoms with Gasteiger partial charge in [0, 0.05) is 20.3 Å². The fraction of sp³-hybridized carbons (Fsp3) is 0.647. The lowest BCUT2D eigenvalue weighted by molar-refractivity contribution is 0.133. The Morgan fingerprint density at radius 2 is 1.85 bits per heavy atom. The molecule has 3 nitrogen and oxygen atoms in total. The molecule has 1 aliphatic rings. The van der Waals surface area contributed by atoms with Gasteiger partial charge in [0.1, 0.15) is 0 Å². The molecule has 1 aromatic rings. The highest BCUT2D eigenvalue weighted by Gasteiger charge is 2.23. The first-order valence-electron chi connectivity index (χ1n) is 7.72. The molecule has 1 fully saturated rings. The molecule has 0 amide bonds. The maximum Gasteiger partial charge on any atom is 0.0716 e. The lowest BCUT2D eigenvalue weighted by Crippen LogP contribution is -2.32. The second-order valence-electron chi connectivity index (χ2n) is 5.82. The van der Waals surface area contributed by atoms with Crippen LogP contribution in [-0.4, -0.2) is 25.4 Å². The maximum atomic E-state index is 9.45. The van der Waals surface area contributed by atoms with Crippen molar-refractivity contribution in [2.24, 2.45) is 11.8 Å². The van der Waals surface area contributed by atoms with Gasteiger partial charge in [0.25, 0.3) is 0 Å². The van der Waals surface area contributed by atoms with Crippen LogP contribution in [0.5, 0.6) is 0 Å². The quantitative estimate of drug-likeness (QED) is 0.805. The van der Waals surface area contributed by atoms with E-state index in [4.69, 9.17) is 4.74 Å². The summed E-state index contributed by atoms with van der Waals surface area (Å²) < 4.78 is 5.24. The van der Waals surface area contributed by atoms with Gasteiger partial charge in [-0.2, -0.15) is 0 Å². The zero-order valence-electron chi connectivity index (χ0n) is 12.5. The molecular formula is C17H27NO2. The largest absolute Gasteiger partial charge is 0.396 e. The Bertz CT molecular complexity index is 394. The molecule has 0 saturated heterocycles. The average molecular weight is 277 g/mol. The Kier molecular flexibility index (Phi) is 6.51. The molecule has 0 bridgehead atoms. The van der Waals surface area contributed by atoms with Crippen LogP contribution in [0.2, 0.25) is 0 Å². The molecule has 0 spiro atoms. The van der Waals surface area contributed by atoms with E-state index in [9.17, 15) is 5.11 Å². The molecule has 2 unspecified atom stereocenters. The Morgan fingerprint density at radius 3 is 2.55 bits per heavy atom. The summed E-state index contributed by atoms with van der Waals surface area (Å²) in [4.78, 5) is 0. The number of nitrogens with one attached hydrogen (secondary N) is 1. The van der Waals surface area contributed by atoms with Crippen molar-refractivity contribution in [3.63, 3.8) is 0 Å². The molecule has 0 aliphatic heterocycles. The predicted molar refractivity (Wildman–Crippen MR) is 81.4 cm³/mol. The topological polar surface area (TPSA) is 41.5 Å². The third kappa shape index (κ3) is 4.30. The van der Waals surface area contributed by atoms with Crippen LogP contribution in [0.3, 0.4) is 0 Å². The molecule has 20 heavy (non-hydrogen) atoms. The lowest BCUT2D eigenvalue weighted by Gasteiger charge is -2.30. The Labute approximate surface area is 122 Å². The van der Waals surface area contributed by atoms with Gasteiger partial charge in [-0.25, -0.2) is 0 Å². The third-order valence-corrected chi connectivity index (χ3v) is 4.44. The summed E-state index contributed by atoms with van der Waals surface area (Å²) in [5.74, 6) is 1.12. The minimum atomic E-state index is 0.340. The number of methoxy groups -OCH3 is 1. The van der Waals surface area contributed by atoms with Crippen LogP contribution < -0.4 is 5.32 Å². The predicted octanol–water partition coefficient (Wildman–Crippen LogP) is 2.72. The SMILES string of the molecule is COCc1ccccc1CNCC1CCCCC1CO. The summed E-state index contributed by atoms with van der Waals surface area (Å²) in [5, 5.41) is 13.0. The molecule has 112 valence electrons. The van der Waals surface area contributed by atoms with Crippen molar-refractivity contribution in [1.29, 1.82) is 0 Å². The van der Waals surface area contributed by atoms with Crippen LogP contribution in [0.15, 0.2) is 24.3 Å². The highest BCUT2D eigenvalue weighted by atomic mass is 16.5. The molecule has 3 heteroatoms. The van der Waals surface area contributed by atoms with Crippen LogP contribution in [0.4, 0.5) is 0 Å². The van der Waals surface area contributed by atoms with Gasteiger partial charge in [-0.1, -0.05) is 37.1 Å². The van der Waals surface area contributed by atoms with E-state index in [2.05, 4.69) is 29.6 Å². The second-order valence-corrected chi connectivity index (χ2v) is 5.82. The second kappa shape index (κ2) is 8.40. The zero-order chi connectivity index (χ0) is 14.2. The molecule has 1 aromatic carbocycles. The molecule has 0 aromatic heterocycles. The Balaban J connectivity index is 1.83. The van der Waals surface area contributed by atoms with E-state index in [1.165, 1.54) is 36.8 Å². The molecule has 1 saturated carbocycles. The van der Waals surface area contributed by atoms with E-state index < -0.39 is 0 Å². The van der Waals surface area contributed by atoms with Crippen molar-refractivity contribution >= 4 is 0 Å². The normalized spacial score (nSPS) is 22.9. The smallest absolute Gasteiger partial charge is 0.0716 e. The van der Waals surface area contributed by atoms with Crippen LogP contribution in [-0.2, 0) is 17.9 Å². The van der Waals surface area contributed by atoms with Gasteiger partial charge in [0.15, 0.2) is 0 Å². The van der Waals surface area contributed by atoms with E-state index in [-0.39, 0.29) is 0 Å². The van der Waals surface area contributed by atoms with Gasteiger partial charge >= 0.3 is 0 Å². The number of ether oxygens (including phenoxy) is 1. The van der Waals surface area contributed by atoms with Gasteiger partial charge < -0.3 is 15.2 Å². The first-order chi connectivity index (χ1) is 9.85. The fourth-order valence-electron chi connectivity index (χ4n) is 3.21. The summed E-state index contributed by atoms with van der Waals surface area (Å²) in [7, 11) is 1.73. The van der Waals surface area contributed by atoms with Gasteiger partial charge in [-0.15, -0.1) is 0 Å². The minimum absolute atomic E-state index is 0.340. The molecular weight excluding hydrogens is 250 g/mol. The monoisotopic (exact) mass is 277 g/mol. The number of hydrogen-bond acceptors (Lipinski definition) is 3. The van der Waals surface area contributed by atoms with Crippen molar-refractivity contribution in [2.45, 2.75) is 38.8 Å². The van der Waals surface area contributed by atoms with Gasteiger partial charge in [-0.3, -0.25) is 0 Å². The number of benzene rings is 1. The lowest BCUT2D eigenvalue weighted by atomic mass is 9.79. The highest BCUT2D eigenvalue weighted by Crippen LogP contribution is 2.29. The third-order valence-electron chi connectivity index (χ3n) is 4.44. The summed E-state index contributed by atoms with van der Waals surface area (Å²) in [6.45, 7) is 2.90. The summed E-state index contributed by atoms with van der Waals surface area (Å²) in [6, 6.07) is 8.41. The van der Waals surface area contributed by atoms with Crippen molar-refractivity contribution in [3.05, 3.63) is 35.4 Å². The zero-order valence-corrected chi connectivity index (χ0v) is 12.5. The molecule has 1 aliphatic carbocycles. The molecule has 2 atom stereocenters. The first kappa shape index (κ1) is 15.5. The van der Waals surface area contributed by atoms with Crippen LogP contribution >= 0.6 is 0 Å². The van der Waals surface area contributed by atoms with Crippen molar-refractivity contribution in [2.75, 3.05) is 20.3 Å². The minimum Gasteiger partial charge on any atom is -0.396 e. The fourth-order valence-corrected chi connectivity index (χ4v) is 3.21. The summed E-state index contributed by atoms with van der Waals surface area (Å²) in [6.07, 6.45) is 5.02. The van der Waals surface area contributed by atoms with Crippen LogP contribution in [0.1, 0.15) is 36.8 Å². The highest BCUT2D eigenvalue weighted by molar-refractivity contribution is 5.26. The number of rotatable bonds is 7. The van der Waals surface area contributed by atoms with E-state index in [0.29, 0.717) is 25.0 Å². The first-order valence-corrected chi connectivity index (χ1v) is 7.72. The standard InChI is InChI=1S/C17H27NO2/c1-20-13-17-9-5-3-7-15(17)11-18-10-14-6-2-4-8-16(14)12-19/h3,5,7,9,14,16,18-19H,2,4,6,8,10-13H2,1H3. The van der Waals surface area contributed by atoms with E-state index >= 15 is 0 Å². The summed E-state index contributed by atoms with van der Waals surface area (Å²) >= 11 is 0. The molecule has 0 heterocycles. The van der Waals surface area contributed by atoms with Crippen molar-refractivity contribution in [3.8, 4) is 0 Å². The van der Waals surface area contributed by atoms with Crippen molar-refractivity contribution in [1.82, 2.24) is 5.32 Å². The van der Waals surface area contributed by atoms with Gasteiger partial charge in [0.05, 0.1) is 6.61 Å². The number of aliphatic hydroxyl groups excluding tert-OH is 1. The number of aliphatic hydroxyl groups is 1. The van der Waals surface area contributed by atoms with E-state index in [1.807, 2.05) is 0 Å². The summed E-state index contributed by atoms with van der Waals surface area (Å²) in [5.41, 5.74) is 2.57. The maximum absolute atomic E-state index is 9.45. The molecule has 0 radical (unpaired) electrons. The van der Waals surface area contributed by atoms with Gasteiger partial charge in [-0.05, 0) is 42.3 Å². The van der Waals surface area contributed by atoms with Gasteiger partial charge in [0.2, 0.25) is 0 Å². The van der Waals surface area contributed by atoms with Crippen molar-refractivity contribution < 1.29 is 9.84 Å². The molecule has 2 rings (SSSR count).